The van der Waals surface area contributed by atoms with Crippen LogP contribution in [0.1, 0.15) is 37.8 Å². The van der Waals surface area contributed by atoms with Gasteiger partial charge in [-0.05, 0) is 53.6 Å². The van der Waals surface area contributed by atoms with Crippen LogP contribution >= 0.6 is 0 Å². The van der Waals surface area contributed by atoms with Gasteiger partial charge >= 0.3 is 18.0 Å². The molecular weight excluding hydrogens is 512 g/mol. The predicted molar refractivity (Wildman–Crippen MR) is 134 cm³/mol. The molecule has 0 unspecified atom stereocenters. The highest BCUT2D eigenvalue weighted by Crippen LogP contribution is 2.40. The summed E-state index contributed by atoms with van der Waals surface area (Å²) in [5.41, 5.74) is 1.23. The van der Waals surface area contributed by atoms with E-state index in [9.17, 15) is 24.3 Å². The summed E-state index contributed by atoms with van der Waals surface area (Å²) in [6, 6.07) is 11.7. The maximum Gasteiger partial charge on any atom is 0.373 e. The van der Waals surface area contributed by atoms with Gasteiger partial charge in [0.25, 0.3) is 5.91 Å². The fourth-order valence-electron chi connectivity index (χ4n) is 3.79. The molecule has 4 rings (SSSR count). The Bertz CT molecular complexity index is 1450. The third-order valence-electron chi connectivity index (χ3n) is 5.68. The van der Waals surface area contributed by atoms with Crippen molar-refractivity contribution in [3.63, 3.8) is 0 Å². The maximum absolute atomic E-state index is 12.9. The van der Waals surface area contributed by atoms with Crippen molar-refractivity contribution in [1.29, 1.82) is 0 Å². The molecule has 2 N–H and O–H groups in total. The Morgan fingerprint density at radius 1 is 1.03 bits per heavy atom. The van der Waals surface area contributed by atoms with E-state index in [0.717, 1.165) is 4.90 Å². The summed E-state index contributed by atoms with van der Waals surface area (Å²) < 4.78 is 26.8. The van der Waals surface area contributed by atoms with Gasteiger partial charge in [0.2, 0.25) is 11.5 Å². The summed E-state index contributed by atoms with van der Waals surface area (Å²) in [7, 11) is 4.07. The number of carbonyl (C=O) groups excluding carboxylic acids is 3. The Balaban J connectivity index is 1.54. The van der Waals surface area contributed by atoms with Crippen LogP contribution in [0, 0.1) is 0 Å². The smallest absolute Gasteiger partial charge is 0.373 e. The van der Waals surface area contributed by atoms with Crippen molar-refractivity contribution >= 4 is 30.0 Å². The third-order valence-corrected chi connectivity index (χ3v) is 5.68. The van der Waals surface area contributed by atoms with Gasteiger partial charge in [0.05, 0.1) is 33.4 Å². The largest absolute Gasteiger partial charge is 0.493 e. The Hall–Kier alpha value is -5.26. The van der Waals surface area contributed by atoms with Crippen molar-refractivity contribution in [2.45, 2.75) is 13.2 Å². The molecule has 0 spiro atoms. The van der Waals surface area contributed by atoms with Gasteiger partial charge in [-0.2, -0.15) is 0 Å². The molecule has 1 fully saturated rings. The number of urea groups is 1. The maximum atomic E-state index is 12.9. The Labute approximate surface area is 222 Å². The lowest BCUT2D eigenvalue weighted by Gasteiger charge is -2.16. The topological polar surface area (TPSA) is 154 Å². The number of imide groups is 1. The van der Waals surface area contributed by atoms with Crippen molar-refractivity contribution in [3.8, 4) is 17.2 Å². The minimum absolute atomic E-state index is 0.00278. The molecule has 3 aromatic rings. The molecule has 0 saturated carbocycles. The van der Waals surface area contributed by atoms with E-state index in [0.29, 0.717) is 11.1 Å². The van der Waals surface area contributed by atoms with Gasteiger partial charge in [-0.25, -0.2) is 14.4 Å². The number of esters is 1. The minimum atomic E-state index is -1.05. The van der Waals surface area contributed by atoms with Crippen LogP contribution in [0.5, 0.6) is 17.2 Å². The summed E-state index contributed by atoms with van der Waals surface area (Å²) in [5, 5.41) is 11.7. The zero-order valence-corrected chi connectivity index (χ0v) is 21.2. The van der Waals surface area contributed by atoms with Gasteiger partial charge in [-0.1, -0.05) is 12.1 Å². The number of carbonyl (C=O) groups is 4. The van der Waals surface area contributed by atoms with Gasteiger partial charge in [0, 0.05) is 0 Å². The number of furan rings is 1. The van der Waals surface area contributed by atoms with Crippen LogP contribution in [0.3, 0.4) is 0 Å². The first-order valence-electron chi connectivity index (χ1n) is 11.5. The van der Waals surface area contributed by atoms with E-state index in [1.807, 2.05) is 0 Å². The van der Waals surface area contributed by atoms with E-state index in [-0.39, 0.29) is 53.2 Å². The summed E-state index contributed by atoms with van der Waals surface area (Å²) in [6.07, 6.45) is 1.45. The second-order valence-corrected chi connectivity index (χ2v) is 8.19. The number of amides is 3. The molecule has 2 heterocycles. The molecule has 1 aliphatic heterocycles. The fraction of sp³-hybridized carbons (Fsp3) is 0.185. The number of hydrogen-bond donors (Lipinski definition) is 2. The highest BCUT2D eigenvalue weighted by atomic mass is 16.5. The van der Waals surface area contributed by atoms with E-state index in [2.05, 4.69) is 10.1 Å². The number of aromatic carboxylic acids is 1. The fourth-order valence-corrected chi connectivity index (χ4v) is 3.79. The normalized spacial score (nSPS) is 13.8. The molecular formula is C27H24N2O10. The van der Waals surface area contributed by atoms with Crippen LogP contribution < -0.4 is 19.5 Å². The second kappa shape index (κ2) is 11.4. The monoisotopic (exact) mass is 536 g/mol. The number of ether oxygens (including phenoxy) is 4. The molecule has 12 heteroatoms. The lowest BCUT2D eigenvalue weighted by molar-refractivity contribution is -0.123. The molecule has 0 atom stereocenters. The molecule has 3 amide bonds. The molecule has 202 valence electrons. The SMILES string of the molecule is COC(=O)c1ccc(CN2C(=O)N/C(=C\c3cc(OC)c(OCc4cccc(C(=O)O)c4)c(OC)c3)C2=O)o1. The first-order chi connectivity index (χ1) is 18.7. The summed E-state index contributed by atoms with van der Waals surface area (Å²) >= 11 is 0. The predicted octanol–water partition coefficient (Wildman–Crippen LogP) is 3.45. The molecule has 12 nitrogen and oxygen atoms in total. The number of nitrogens with one attached hydrogen (secondary N) is 1. The first-order valence-corrected chi connectivity index (χ1v) is 11.5. The zero-order valence-electron chi connectivity index (χ0n) is 21.2. The molecule has 1 aromatic heterocycles. The van der Waals surface area contributed by atoms with Crippen molar-refractivity contribution in [1.82, 2.24) is 10.2 Å². The summed E-state index contributed by atoms with van der Waals surface area (Å²) in [6.45, 7) is -0.149. The summed E-state index contributed by atoms with van der Waals surface area (Å²) in [4.78, 5) is 49.2. The molecule has 2 aromatic carbocycles. The van der Waals surface area contributed by atoms with Crippen LogP contribution in [0.15, 0.2) is 58.6 Å². The van der Waals surface area contributed by atoms with E-state index >= 15 is 0 Å². The number of benzene rings is 2. The third kappa shape index (κ3) is 5.85. The van der Waals surface area contributed by atoms with E-state index in [1.165, 1.54) is 51.7 Å². The molecule has 0 radical (unpaired) electrons. The number of nitrogens with zero attached hydrogens (tertiary/aromatic N) is 1. The van der Waals surface area contributed by atoms with Crippen LogP contribution in [0.4, 0.5) is 4.79 Å². The van der Waals surface area contributed by atoms with Gasteiger partial charge in [-0.15, -0.1) is 0 Å². The average molecular weight is 536 g/mol. The zero-order chi connectivity index (χ0) is 28.1. The number of carboxylic acid groups (broad SMARTS) is 1. The Kier molecular flexibility index (Phi) is 7.85. The standard InChI is InChI=1S/C27H24N2O10/c1-35-21-11-16(12-22(36-2)23(21)38-14-15-5-4-6-17(9-15)25(31)32)10-19-24(30)29(27(34)28-19)13-18-7-8-20(39-18)26(33)37-3/h4-12H,13-14H2,1-3H3,(H,28,34)(H,31,32)/b19-10-. The van der Waals surface area contributed by atoms with E-state index in [1.54, 1.807) is 24.3 Å². The molecule has 0 aliphatic carbocycles. The van der Waals surface area contributed by atoms with E-state index < -0.39 is 23.9 Å². The number of carboxylic acids is 1. The average Bonchev–Trinajstić information content (AvgIpc) is 3.51. The van der Waals surface area contributed by atoms with Crippen molar-refractivity contribution in [2.75, 3.05) is 21.3 Å². The van der Waals surface area contributed by atoms with Gasteiger partial charge < -0.3 is 33.8 Å². The highest BCUT2D eigenvalue weighted by Gasteiger charge is 2.34. The van der Waals surface area contributed by atoms with E-state index in [4.69, 9.17) is 18.6 Å². The molecule has 0 bridgehead atoms. The lowest BCUT2D eigenvalue weighted by atomic mass is 10.1. The molecule has 39 heavy (non-hydrogen) atoms. The van der Waals surface area contributed by atoms with Gasteiger partial charge in [0.1, 0.15) is 18.1 Å². The van der Waals surface area contributed by atoms with Crippen molar-refractivity contribution in [2.24, 2.45) is 0 Å². The second-order valence-electron chi connectivity index (χ2n) is 8.19. The first kappa shape index (κ1) is 26.8. The summed E-state index contributed by atoms with van der Waals surface area (Å²) in [5.74, 6) is -1.32. The van der Waals surface area contributed by atoms with Crippen molar-refractivity contribution < 1.29 is 47.6 Å². The molecule has 1 saturated heterocycles. The lowest BCUT2D eigenvalue weighted by Crippen LogP contribution is -2.30. The van der Waals surface area contributed by atoms with Crippen LogP contribution in [-0.4, -0.2) is 55.2 Å². The minimum Gasteiger partial charge on any atom is -0.493 e. The van der Waals surface area contributed by atoms with Crippen LogP contribution in [-0.2, 0) is 22.7 Å². The number of rotatable bonds is 10. The van der Waals surface area contributed by atoms with Crippen molar-refractivity contribution in [3.05, 3.63) is 82.4 Å². The highest BCUT2D eigenvalue weighted by molar-refractivity contribution is 6.13. The number of methoxy groups -OCH3 is 3. The molecule has 1 aliphatic rings. The Morgan fingerprint density at radius 2 is 1.74 bits per heavy atom. The van der Waals surface area contributed by atoms with Gasteiger partial charge in [-0.3, -0.25) is 9.69 Å². The number of hydrogen-bond acceptors (Lipinski definition) is 9. The van der Waals surface area contributed by atoms with Crippen LogP contribution in [0.2, 0.25) is 0 Å². The van der Waals surface area contributed by atoms with Crippen LogP contribution in [0.25, 0.3) is 6.08 Å². The quantitative estimate of drug-likeness (QED) is 0.224. The van der Waals surface area contributed by atoms with Gasteiger partial charge in [0.15, 0.2) is 11.5 Å². The Morgan fingerprint density at radius 3 is 2.38 bits per heavy atom.